The van der Waals surface area contributed by atoms with Crippen LogP contribution in [0.5, 0.6) is 5.75 Å². The number of phenolic OH excluding ortho intramolecular Hbond substituents is 1. The Morgan fingerprint density at radius 1 is 1.00 bits per heavy atom. The number of phenols is 1. The average Bonchev–Trinajstić information content (AvgIpc) is 3.07. The van der Waals surface area contributed by atoms with Crippen molar-refractivity contribution in [2.24, 2.45) is 0 Å². The zero-order valence-corrected chi connectivity index (χ0v) is 14.9. The van der Waals surface area contributed by atoms with E-state index in [2.05, 4.69) is 25.7 Å². The summed E-state index contributed by atoms with van der Waals surface area (Å²) in [6, 6.07) is 13.0. The molecule has 0 saturated carbocycles. The molecule has 0 unspecified atom stereocenters. The lowest BCUT2D eigenvalue weighted by atomic mass is 10.2. The van der Waals surface area contributed by atoms with Crippen molar-refractivity contribution in [2.45, 2.75) is 20.0 Å². The number of aromatic nitrogens is 4. The molecule has 0 radical (unpaired) electrons. The van der Waals surface area contributed by atoms with E-state index in [9.17, 15) is 5.11 Å². The van der Waals surface area contributed by atoms with Gasteiger partial charge in [-0.2, -0.15) is 9.61 Å². The van der Waals surface area contributed by atoms with Crippen LogP contribution in [0.1, 0.15) is 16.7 Å². The molecule has 0 aliphatic carbocycles. The third kappa shape index (κ3) is 3.82. The van der Waals surface area contributed by atoms with Crippen molar-refractivity contribution in [3.63, 3.8) is 0 Å². The number of nitrogens with one attached hydrogen (secondary N) is 2. The molecule has 3 heterocycles. The van der Waals surface area contributed by atoms with Gasteiger partial charge in [0.2, 0.25) is 0 Å². The third-order valence-electron chi connectivity index (χ3n) is 4.25. The highest BCUT2D eigenvalue weighted by molar-refractivity contribution is 5.60. The van der Waals surface area contributed by atoms with Crippen LogP contribution in [0.25, 0.3) is 5.65 Å². The highest BCUT2D eigenvalue weighted by Gasteiger charge is 2.09. The van der Waals surface area contributed by atoms with Crippen molar-refractivity contribution in [2.75, 3.05) is 10.6 Å². The molecule has 0 saturated heterocycles. The lowest BCUT2D eigenvalue weighted by molar-refractivity contribution is 0.475. The minimum atomic E-state index is 0.259. The van der Waals surface area contributed by atoms with E-state index < -0.39 is 0 Å². The number of nitrogens with zero attached hydrogens (tertiary/aromatic N) is 4. The van der Waals surface area contributed by atoms with Crippen LogP contribution in [-0.4, -0.2) is 24.7 Å². The highest BCUT2D eigenvalue weighted by Crippen LogP contribution is 2.20. The molecule has 0 fully saturated rings. The maximum Gasteiger partial charge on any atom is 0.162 e. The van der Waals surface area contributed by atoms with E-state index in [0.717, 1.165) is 34.0 Å². The third-order valence-corrected chi connectivity index (χ3v) is 4.25. The Hall–Kier alpha value is -3.61. The molecule has 27 heavy (non-hydrogen) atoms. The molecule has 0 atom stereocenters. The summed E-state index contributed by atoms with van der Waals surface area (Å²) in [6.07, 6.45) is 5.40. The number of hydrogen-bond donors (Lipinski definition) is 3. The van der Waals surface area contributed by atoms with Gasteiger partial charge in [-0.3, -0.25) is 4.98 Å². The van der Waals surface area contributed by atoms with E-state index in [1.54, 1.807) is 29.0 Å². The predicted molar refractivity (Wildman–Crippen MR) is 105 cm³/mol. The Morgan fingerprint density at radius 3 is 2.59 bits per heavy atom. The van der Waals surface area contributed by atoms with Gasteiger partial charge in [0.25, 0.3) is 0 Å². The number of aryl methyl sites for hydroxylation is 1. The van der Waals surface area contributed by atoms with E-state index in [0.29, 0.717) is 13.1 Å². The molecular formula is C20H20N6O. The predicted octanol–water partition coefficient (Wildman–Crippen LogP) is 3.36. The normalized spacial score (nSPS) is 10.9. The fraction of sp³-hybridized carbons (Fsp3) is 0.150. The summed E-state index contributed by atoms with van der Waals surface area (Å²) in [5.74, 6) is 1.87. The Labute approximate surface area is 156 Å². The second kappa shape index (κ2) is 7.33. The minimum Gasteiger partial charge on any atom is -0.508 e. The number of hydrogen-bond acceptors (Lipinski definition) is 6. The number of fused-ring (bicyclic) bond motifs is 1. The van der Waals surface area contributed by atoms with E-state index in [1.165, 1.54) is 0 Å². The topological polar surface area (TPSA) is 87.4 Å². The maximum absolute atomic E-state index is 9.40. The molecule has 0 amide bonds. The molecule has 3 N–H and O–H groups in total. The van der Waals surface area contributed by atoms with Gasteiger partial charge in [0, 0.05) is 37.1 Å². The van der Waals surface area contributed by atoms with Crippen LogP contribution in [0.15, 0.2) is 61.1 Å². The zero-order chi connectivity index (χ0) is 18.6. The number of aromatic hydroxyl groups is 1. The van der Waals surface area contributed by atoms with Crippen molar-refractivity contribution < 1.29 is 5.11 Å². The molecule has 136 valence electrons. The molecular weight excluding hydrogens is 340 g/mol. The SMILES string of the molecule is Cc1cnn2c(NCc3cccnc3)cc(NCc3ccc(O)cc3)nc12. The van der Waals surface area contributed by atoms with Crippen LogP contribution in [-0.2, 0) is 13.1 Å². The molecule has 3 aromatic heterocycles. The lowest BCUT2D eigenvalue weighted by Crippen LogP contribution is -2.09. The summed E-state index contributed by atoms with van der Waals surface area (Å²) in [7, 11) is 0. The monoisotopic (exact) mass is 360 g/mol. The molecule has 7 nitrogen and oxygen atoms in total. The molecule has 4 aromatic rings. The highest BCUT2D eigenvalue weighted by atomic mass is 16.3. The summed E-state index contributed by atoms with van der Waals surface area (Å²) in [4.78, 5) is 8.82. The number of anilines is 2. The van der Waals surface area contributed by atoms with E-state index in [-0.39, 0.29) is 5.75 Å². The largest absolute Gasteiger partial charge is 0.508 e. The van der Waals surface area contributed by atoms with Crippen LogP contribution in [0, 0.1) is 6.92 Å². The van der Waals surface area contributed by atoms with Gasteiger partial charge in [0.15, 0.2) is 5.65 Å². The van der Waals surface area contributed by atoms with Crippen LogP contribution in [0.3, 0.4) is 0 Å². The van der Waals surface area contributed by atoms with Gasteiger partial charge < -0.3 is 15.7 Å². The van der Waals surface area contributed by atoms with Crippen LogP contribution >= 0.6 is 0 Å². The van der Waals surface area contributed by atoms with Gasteiger partial charge in [0.05, 0.1) is 6.20 Å². The molecule has 0 spiro atoms. The summed E-state index contributed by atoms with van der Waals surface area (Å²) in [5.41, 5.74) is 3.96. The molecule has 1 aromatic carbocycles. The van der Waals surface area contributed by atoms with Crippen LogP contribution in [0.4, 0.5) is 11.6 Å². The Morgan fingerprint density at radius 2 is 1.81 bits per heavy atom. The van der Waals surface area contributed by atoms with Crippen molar-refractivity contribution in [3.05, 3.63) is 77.7 Å². The zero-order valence-electron chi connectivity index (χ0n) is 14.9. The first kappa shape index (κ1) is 16.8. The maximum atomic E-state index is 9.40. The van der Waals surface area contributed by atoms with Gasteiger partial charge in [-0.25, -0.2) is 4.98 Å². The standard InChI is InChI=1S/C20H20N6O/c1-14-10-24-26-19(23-13-16-3-2-8-21-11-16)9-18(25-20(14)26)22-12-15-4-6-17(27)7-5-15/h2-11,23,27H,12-13H2,1H3,(H,22,25). The van der Waals surface area contributed by atoms with Crippen molar-refractivity contribution in [3.8, 4) is 5.75 Å². The fourth-order valence-corrected chi connectivity index (χ4v) is 2.79. The van der Waals surface area contributed by atoms with Gasteiger partial charge in [-0.1, -0.05) is 18.2 Å². The molecule has 0 aliphatic rings. The second-order valence-corrected chi connectivity index (χ2v) is 6.32. The summed E-state index contributed by atoms with van der Waals surface area (Å²) >= 11 is 0. The number of benzene rings is 1. The number of pyridine rings is 1. The quantitative estimate of drug-likeness (QED) is 0.489. The first-order valence-corrected chi connectivity index (χ1v) is 8.69. The van der Waals surface area contributed by atoms with Crippen molar-refractivity contribution >= 4 is 17.3 Å². The minimum absolute atomic E-state index is 0.259. The van der Waals surface area contributed by atoms with E-state index >= 15 is 0 Å². The number of rotatable bonds is 6. The Balaban J connectivity index is 1.57. The second-order valence-electron chi connectivity index (χ2n) is 6.32. The Bertz CT molecular complexity index is 1040. The van der Waals surface area contributed by atoms with E-state index in [1.807, 2.05) is 43.5 Å². The molecule has 0 aliphatic heterocycles. The fourth-order valence-electron chi connectivity index (χ4n) is 2.79. The first-order chi connectivity index (χ1) is 13.2. The summed E-state index contributed by atoms with van der Waals surface area (Å²) in [6.45, 7) is 3.24. The lowest BCUT2D eigenvalue weighted by Gasteiger charge is -2.12. The van der Waals surface area contributed by atoms with Crippen LogP contribution in [0.2, 0.25) is 0 Å². The molecule has 0 bridgehead atoms. The summed E-state index contributed by atoms with van der Waals surface area (Å²) < 4.78 is 1.80. The van der Waals surface area contributed by atoms with Crippen LogP contribution < -0.4 is 10.6 Å². The first-order valence-electron chi connectivity index (χ1n) is 8.69. The van der Waals surface area contributed by atoms with Gasteiger partial charge >= 0.3 is 0 Å². The smallest absolute Gasteiger partial charge is 0.162 e. The van der Waals surface area contributed by atoms with Crippen molar-refractivity contribution in [1.29, 1.82) is 0 Å². The van der Waals surface area contributed by atoms with Crippen molar-refractivity contribution in [1.82, 2.24) is 19.6 Å². The molecule has 7 heteroatoms. The van der Waals surface area contributed by atoms with E-state index in [4.69, 9.17) is 0 Å². The van der Waals surface area contributed by atoms with Gasteiger partial charge in [-0.05, 0) is 36.2 Å². The average molecular weight is 360 g/mol. The Kier molecular flexibility index (Phi) is 4.57. The molecule has 4 rings (SSSR count). The van der Waals surface area contributed by atoms with Gasteiger partial charge in [0.1, 0.15) is 17.4 Å². The van der Waals surface area contributed by atoms with Gasteiger partial charge in [-0.15, -0.1) is 0 Å². The summed E-state index contributed by atoms with van der Waals surface area (Å²) in [5, 5.41) is 20.6.